The molecule has 3 heterocycles. The van der Waals surface area contributed by atoms with E-state index in [0.717, 1.165) is 45.6 Å². The maximum atomic E-state index is 11.9. The number of carbonyl (C=O) groups is 1. The Kier molecular flexibility index (Phi) is 5.16. The Bertz CT molecular complexity index is 512. The van der Waals surface area contributed by atoms with Gasteiger partial charge in [0.15, 0.2) is 0 Å². The van der Waals surface area contributed by atoms with Crippen LogP contribution in [0.3, 0.4) is 0 Å². The Balaban J connectivity index is 1.61. The van der Waals surface area contributed by atoms with Crippen LogP contribution >= 0.6 is 0 Å². The second-order valence-electron chi connectivity index (χ2n) is 6.60. The Morgan fingerprint density at radius 1 is 1.39 bits per heavy atom. The maximum Gasteiger partial charge on any atom is 0.222 e. The van der Waals surface area contributed by atoms with Crippen molar-refractivity contribution in [3.05, 3.63) is 24.4 Å². The lowest BCUT2D eigenvalue weighted by atomic mass is 9.66. The molecule has 0 N–H and O–H groups in total. The van der Waals surface area contributed by atoms with Gasteiger partial charge in [0.1, 0.15) is 0 Å². The third kappa shape index (κ3) is 3.66. The summed E-state index contributed by atoms with van der Waals surface area (Å²) in [6.45, 7) is 5.87. The fourth-order valence-corrected chi connectivity index (χ4v) is 3.81. The molecule has 23 heavy (non-hydrogen) atoms. The molecule has 1 amide bonds. The molecule has 0 unspecified atom stereocenters. The molecule has 5 nitrogen and oxygen atoms in total. The summed E-state index contributed by atoms with van der Waals surface area (Å²) in [5.41, 5.74) is 0.248. The number of ether oxygens (including phenoxy) is 2. The Morgan fingerprint density at radius 2 is 2.22 bits per heavy atom. The van der Waals surface area contributed by atoms with E-state index in [4.69, 9.17) is 9.47 Å². The highest BCUT2D eigenvalue weighted by molar-refractivity contribution is 5.75. The first-order valence-electron chi connectivity index (χ1n) is 8.63. The molecule has 1 aromatic rings. The van der Waals surface area contributed by atoms with Crippen molar-refractivity contribution in [2.45, 2.75) is 32.6 Å². The number of aromatic nitrogens is 1. The van der Waals surface area contributed by atoms with Gasteiger partial charge in [0.2, 0.25) is 11.8 Å². The van der Waals surface area contributed by atoms with Crippen LogP contribution in [0.2, 0.25) is 0 Å². The van der Waals surface area contributed by atoms with Gasteiger partial charge in [-0.2, -0.15) is 0 Å². The van der Waals surface area contributed by atoms with Crippen LogP contribution in [0.25, 0.3) is 0 Å². The van der Waals surface area contributed by atoms with Gasteiger partial charge >= 0.3 is 0 Å². The number of hydrogen-bond donors (Lipinski definition) is 0. The number of carbonyl (C=O) groups excluding carboxylic acids is 1. The van der Waals surface area contributed by atoms with Gasteiger partial charge in [0.25, 0.3) is 0 Å². The topological polar surface area (TPSA) is 51.7 Å². The lowest BCUT2D eigenvalue weighted by Gasteiger charge is -2.48. The zero-order valence-electron chi connectivity index (χ0n) is 13.9. The molecule has 2 aliphatic rings. The van der Waals surface area contributed by atoms with Gasteiger partial charge in [0.05, 0.1) is 13.2 Å². The molecular weight excluding hydrogens is 292 g/mol. The Hall–Kier alpha value is -1.62. The van der Waals surface area contributed by atoms with Gasteiger partial charge in [-0.1, -0.05) is 13.0 Å². The quantitative estimate of drug-likeness (QED) is 0.856. The molecule has 0 radical (unpaired) electrons. The molecule has 1 atom stereocenters. The summed E-state index contributed by atoms with van der Waals surface area (Å²) in [6.07, 6.45) is 5.52. The van der Waals surface area contributed by atoms with Crippen LogP contribution in [0.15, 0.2) is 24.4 Å². The predicted octanol–water partition coefficient (Wildman–Crippen LogP) is 2.52. The summed E-state index contributed by atoms with van der Waals surface area (Å²) < 4.78 is 11.6. The Morgan fingerprint density at radius 3 is 2.91 bits per heavy atom. The summed E-state index contributed by atoms with van der Waals surface area (Å²) in [5.74, 6) is 1.32. The summed E-state index contributed by atoms with van der Waals surface area (Å²) in [4.78, 5) is 18.1. The van der Waals surface area contributed by atoms with Crippen molar-refractivity contribution < 1.29 is 14.3 Å². The summed E-state index contributed by atoms with van der Waals surface area (Å²) in [6, 6.07) is 5.71. The lowest BCUT2D eigenvalue weighted by Crippen LogP contribution is -2.50. The minimum atomic E-state index is 0.248. The van der Waals surface area contributed by atoms with Crippen molar-refractivity contribution in [2.24, 2.45) is 11.3 Å². The molecule has 2 saturated heterocycles. The molecule has 2 aliphatic heterocycles. The van der Waals surface area contributed by atoms with Crippen molar-refractivity contribution in [3.8, 4) is 5.88 Å². The van der Waals surface area contributed by atoms with Crippen LogP contribution in [0.4, 0.5) is 0 Å². The van der Waals surface area contributed by atoms with Crippen LogP contribution < -0.4 is 4.74 Å². The van der Waals surface area contributed by atoms with E-state index < -0.39 is 0 Å². The minimum absolute atomic E-state index is 0.248. The fraction of sp³-hybridized carbons (Fsp3) is 0.667. The average Bonchev–Trinajstić information content (AvgIpc) is 2.62. The first-order chi connectivity index (χ1) is 11.2. The van der Waals surface area contributed by atoms with Crippen molar-refractivity contribution in [1.29, 1.82) is 0 Å². The Labute approximate surface area is 138 Å². The third-order valence-corrected chi connectivity index (χ3v) is 5.41. The van der Waals surface area contributed by atoms with E-state index in [1.807, 2.05) is 30.0 Å². The van der Waals surface area contributed by atoms with Crippen molar-refractivity contribution in [1.82, 2.24) is 9.88 Å². The molecule has 1 aromatic heterocycles. The van der Waals surface area contributed by atoms with Gasteiger partial charge < -0.3 is 14.4 Å². The van der Waals surface area contributed by atoms with Gasteiger partial charge in [-0.15, -0.1) is 0 Å². The van der Waals surface area contributed by atoms with E-state index in [1.165, 1.54) is 0 Å². The lowest BCUT2D eigenvalue weighted by molar-refractivity contribution is -0.137. The average molecular weight is 318 g/mol. The van der Waals surface area contributed by atoms with Crippen LogP contribution in [0.5, 0.6) is 5.88 Å². The maximum absolute atomic E-state index is 11.9. The zero-order chi connectivity index (χ0) is 16.1. The molecule has 0 saturated carbocycles. The van der Waals surface area contributed by atoms with E-state index in [9.17, 15) is 4.79 Å². The molecular formula is C18H26N2O3. The van der Waals surface area contributed by atoms with Crippen LogP contribution in [0.1, 0.15) is 32.6 Å². The molecule has 0 aliphatic carbocycles. The van der Waals surface area contributed by atoms with E-state index >= 15 is 0 Å². The number of piperidine rings is 1. The highest BCUT2D eigenvalue weighted by atomic mass is 16.5. The first kappa shape index (κ1) is 16.2. The molecule has 0 aromatic carbocycles. The van der Waals surface area contributed by atoms with E-state index in [1.54, 1.807) is 6.20 Å². The van der Waals surface area contributed by atoms with E-state index in [0.29, 0.717) is 24.8 Å². The van der Waals surface area contributed by atoms with E-state index in [2.05, 4.69) is 4.98 Å². The number of amides is 1. The number of pyridine rings is 1. The van der Waals surface area contributed by atoms with Gasteiger partial charge in [-0.3, -0.25) is 4.79 Å². The monoisotopic (exact) mass is 318 g/mol. The highest BCUT2D eigenvalue weighted by Gasteiger charge is 2.44. The molecule has 3 rings (SSSR count). The number of rotatable bonds is 4. The van der Waals surface area contributed by atoms with Gasteiger partial charge in [0, 0.05) is 44.3 Å². The smallest absolute Gasteiger partial charge is 0.222 e. The standard InChI is InChI=1S/C18H26N2O3/c1-2-17(21)20-10-6-18(7-11-20)8-12-22-13-15(18)14-23-16-5-3-4-9-19-16/h3-5,9,15H,2,6-8,10-14H2,1H3/t15-/m0/s1. The van der Waals surface area contributed by atoms with Crippen molar-refractivity contribution in [3.63, 3.8) is 0 Å². The van der Waals surface area contributed by atoms with Crippen LogP contribution in [-0.2, 0) is 9.53 Å². The van der Waals surface area contributed by atoms with Crippen molar-refractivity contribution >= 4 is 5.91 Å². The number of hydrogen-bond acceptors (Lipinski definition) is 4. The van der Waals surface area contributed by atoms with Gasteiger partial charge in [-0.05, 0) is 30.7 Å². The SMILES string of the molecule is CCC(=O)N1CCC2(CCOC[C@H]2COc2ccccn2)CC1. The van der Waals surface area contributed by atoms with Gasteiger partial charge in [-0.25, -0.2) is 4.98 Å². The number of likely N-dealkylation sites (tertiary alicyclic amines) is 1. The molecule has 126 valence electrons. The third-order valence-electron chi connectivity index (χ3n) is 5.41. The zero-order valence-corrected chi connectivity index (χ0v) is 13.9. The second-order valence-corrected chi connectivity index (χ2v) is 6.60. The normalized spacial score (nSPS) is 23.7. The highest BCUT2D eigenvalue weighted by Crippen LogP contribution is 2.44. The summed E-state index contributed by atoms with van der Waals surface area (Å²) in [5, 5.41) is 0. The summed E-state index contributed by atoms with van der Waals surface area (Å²) in [7, 11) is 0. The first-order valence-corrected chi connectivity index (χ1v) is 8.63. The van der Waals surface area contributed by atoms with E-state index in [-0.39, 0.29) is 11.3 Å². The predicted molar refractivity (Wildman–Crippen MR) is 87.2 cm³/mol. The largest absolute Gasteiger partial charge is 0.477 e. The minimum Gasteiger partial charge on any atom is -0.477 e. The van der Waals surface area contributed by atoms with Crippen LogP contribution in [-0.4, -0.2) is 48.7 Å². The fourth-order valence-electron chi connectivity index (χ4n) is 3.81. The number of nitrogens with zero attached hydrogens (tertiary/aromatic N) is 2. The van der Waals surface area contributed by atoms with Crippen LogP contribution in [0, 0.1) is 11.3 Å². The molecule has 0 bridgehead atoms. The molecule has 2 fully saturated rings. The second kappa shape index (κ2) is 7.30. The molecule has 5 heteroatoms. The molecule has 1 spiro atoms. The summed E-state index contributed by atoms with van der Waals surface area (Å²) >= 11 is 0. The van der Waals surface area contributed by atoms with Crippen molar-refractivity contribution in [2.75, 3.05) is 32.9 Å².